The number of aryl methyl sites for hydroxylation is 1. The summed E-state index contributed by atoms with van der Waals surface area (Å²) in [6.45, 7) is 1.70. The number of nitrogen functional groups attached to an aromatic ring is 1. The lowest BCUT2D eigenvalue weighted by Gasteiger charge is -2.15. The number of anilines is 2. The van der Waals surface area contributed by atoms with Crippen molar-refractivity contribution >= 4 is 22.4 Å². The highest BCUT2D eigenvalue weighted by molar-refractivity contribution is 6.00. The van der Waals surface area contributed by atoms with E-state index in [1.54, 1.807) is 18.7 Å². The highest BCUT2D eigenvalue weighted by Gasteiger charge is 2.14. The number of pyridine rings is 2. The number of aromatic nitrogens is 4. The minimum atomic E-state index is 0.506. The van der Waals surface area contributed by atoms with Crippen molar-refractivity contribution in [2.24, 2.45) is 0 Å². The van der Waals surface area contributed by atoms with Crippen LogP contribution in [0.4, 0.5) is 11.5 Å². The second-order valence-corrected chi connectivity index (χ2v) is 7.31. The summed E-state index contributed by atoms with van der Waals surface area (Å²) < 4.78 is 7.76. The molecular formula is C24H22N6O. The molecule has 7 nitrogen and oxygen atoms in total. The standard InChI is InChI=1S/C24H22N6O/c25-23-7-5-18(14-29-23)17-4-6-21-19(13-17)24(20(15-28-21)22-3-1-12-31-22)27-8-2-10-30-11-9-26-16-30/h1,3-7,9,11-16H,2,8,10H2,(H2,25,29)(H,27,28). The maximum Gasteiger partial charge on any atom is 0.137 e. The van der Waals surface area contributed by atoms with Crippen LogP contribution in [0.1, 0.15) is 6.42 Å². The molecule has 0 saturated carbocycles. The maximum atomic E-state index is 5.75. The molecule has 1 aromatic carbocycles. The van der Waals surface area contributed by atoms with Gasteiger partial charge in [0.25, 0.3) is 0 Å². The van der Waals surface area contributed by atoms with E-state index < -0.39 is 0 Å². The molecule has 0 aliphatic heterocycles. The molecule has 0 unspecified atom stereocenters. The van der Waals surface area contributed by atoms with Crippen LogP contribution in [0.3, 0.4) is 0 Å². The third-order valence-electron chi connectivity index (χ3n) is 5.23. The predicted octanol–water partition coefficient (Wildman–Crippen LogP) is 4.84. The zero-order valence-corrected chi connectivity index (χ0v) is 16.9. The van der Waals surface area contributed by atoms with Crippen LogP contribution in [0.2, 0.25) is 0 Å². The quantitative estimate of drug-likeness (QED) is 0.373. The van der Waals surface area contributed by atoms with Crippen molar-refractivity contribution in [3.05, 3.63) is 79.8 Å². The lowest BCUT2D eigenvalue weighted by atomic mass is 10.0. The monoisotopic (exact) mass is 410 g/mol. The van der Waals surface area contributed by atoms with Crippen LogP contribution in [-0.2, 0) is 6.54 Å². The second-order valence-electron chi connectivity index (χ2n) is 7.31. The SMILES string of the molecule is Nc1ccc(-c2ccc3ncc(-c4ccco4)c(NCCCn4ccnc4)c3c2)cn1. The molecule has 0 amide bonds. The largest absolute Gasteiger partial charge is 0.464 e. The highest BCUT2D eigenvalue weighted by Crippen LogP contribution is 2.36. The fraction of sp³-hybridized carbons (Fsp3) is 0.125. The van der Waals surface area contributed by atoms with E-state index in [-0.39, 0.29) is 0 Å². The first-order valence-electron chi connectivity index (χ1n) is 10.2. The number of furan rings is 1. The number of rotatable bonds is 7. The maximum absolute atomic E-state index is 5.75. The van der Waals surface area contributed by atoms with Gasteiger partial charge in [-0.2, -0.15) is 0 Å². The molecule has 0 aliphatic rings. The predicted molar refractivity (Wildman–Crippen MR) is 122 cm³/mol. The Balaban J connectivity index is 1.52. The fourth-order valence-electron chi connectivity index (χ4n) is 3.65. The lowest BCUT2D eigenvalue weighted by molar-refractivity contribution is 0.582. The number of fused-ring (bicyclic) bond motifs is 1. The Kier molecular flexibility index (Phi) is 5.06. The molecule has 4 heterocycles. The summed E-state index contributed by atoms with van der Waals surface area (Å²) in [7, 11) is 0. The second kappa shape index (κ2) is 8.31. The molecule has 3 N–H and O–H groups in total. The van der Waals surface area contributed by atoms with Gasteiger partial charge in [0.1, 0.15) is 11.6 Å². The molecule has 0 aliphatic carbocycles. The molecule has 0 spiro atoms. The summed E-state index contributed by atoms with van der Waals surface area (Å²) in [5.74, 6) is 1.29. The number of nitrogens with zero attached hydrogens (tertiary/aromatic N) is 4. The summed E-state index contributed by atoms with van der Waals surface area (Å²) in [6.07, 6.45) is 11.9. The van der Waals surface area contributed by atoms with Crippen LogP contribution in [-0.4, -0.2) is 26.1 Å². The number of imidazole rings is 1. The molecule has 154 valence electrons. The summed E-state index contributed by atoms with van der Waals surface area (Å²) in [6, 6.07) is 13.9. The van der Waals surface area contributed by atoms with Crippen LogP contribution in [0.5, 0.6) is 0 Å². The van der Waals surface area contributed by atoms with Crippen molar-refractivity contribution in [2.75, 3.05) is 17.6 Å². The Hall–Kier alpha value is -4.13. The minimum absolute atomic E-state index is 0.506. The summed E-state index contributed by atoms with van der Waals surface area (Å²) in [4.78, 5) is 13.0. The first-order valence-corrected chi connectivity index (χ1v) is 10.2. The number of nitrogens with one attached hydrogen (secondary N) is 1. The van der Waals surface area contributed by atoms with Crippen molar-refractivity contribution in [1.29, 1.82) is 0 Å². The van der Waals surface area contributed by atoms with E-state index in [0.29, 0.717) is 5.82 Å². The zero-order chi connectivity index (χ0) is 21.0. The molecular weight excluding hydrogens is 388 g/mol. The van der Waals surface area contributed by atoms with Crippen molar-refractivity contribution in [3.63, 3.8) is 0 Å². The van der Waals surface area contributed by atoms with E-state index in [0.717, 1.165) is 58.6 Å². The van der Waals surface area contributed by atoms with Crippen molar-refractivity contribution in [3.8, 4) is 22.5 Å². The van der Waals surface area contributed by atoms with Gasteiger partial charge in [-0.3, -0.25) is 4.98 Å². The van der Waals surface area contributed by atoms with Gasteiger partial charge in [-0.05, 0) is 48.4 Å². The number of hydrogen-bond acceptors (Lipinski definition) is 6. The van der Waals surface area contributed by atoms with Gasteiger partial charge in [0, 0.05) is 48.8 Å². The summed E-state index contributed by atoms with van der Waals surface area (Å²) in [5, 5.41) is 4.66. The van der Waals surface area contributed by atoms with Gasteiger partial charge in [-0.1, -0.05) is 6.07 Å². The van der Waals surface area contributed by atoms with Crippen LogP contribution in [0, 0.1) is 0 Å². The van der Waals surface area contributed by atoms with Gasteiger partial charge in [-0.15, -0.1) is 0 Å². The topological polar surface area (TPSA) is 94.8 Å². The van der Waals surface area contributed by atoms with Crippen molar-refractivity contribution in [1.82, 2.24) is 19.5 Å². The average molecular weight is 410 g/mol. The zero-order valence-electron chi connectivity index (χ0n) is 16.9. The third-order valence-corrected chi connectivity index (χ3v) is 5.23. The number of benzene rings is 1. The van der Waals surface area contributed by atoms with E-state index in [1.807, 2.05) is 49.1 Å². The molecule has 0 atom stereocenters. The van der Waals surface area contributed by atoms with Crippen LogP contribution >= 0.6 is 0 Å². The van der Waals surface area contributed by atoms with Crippen LogP contribution < -0.4 is 11.1 Å². The van der Waals surface area contributed by atoms with E-state index in [9.17, 15) is 0 Å². The Morgan fingerprint density at radius 2 is 1.97 bits per heavy atom. The molecule has 0 fully saturated rings. The van der Waals surface area contributed by atoms with Gasteiger partial charge in [-0.25, -0.2) is 9.97 Å². The summed E-state index contributed by atoms with van der Waals surface area (Å²) in [5.41, 5.74) is 10.7. The van der Waals surface area contributed by atoms with Crippen LogP contribution in [0.15, 0.2) is 84.3 Å². The highest BCUT2D eigenvalue weighted by atomic mass is 16.3. The molecule has 7 heteroatoms. The van der Waals surface area contributed by atoms with E-state index >= 15 is 0 Å². The summed E-state index contributed by atoms with van der Waals surface area (Å²) >= 11 is 0. The minimum Gasteiger partial charge on any atom is -0.464 e. The number of hydrogen-bond donors (Lipinski definition) is 2. The van der Waals surface area contributed by atoms with Crippen molar-refractivity contribution in [2.45, 2.75) is 13.0 Å². The molecule has 0 bridgehead atoms. The molecule has 0 saturated heterocycles. The van der Waals surface area contributed by atoms with Gasteiger partial charge >= 0.3 is 0 Å². The van der Waals surface area contributed by atoms with Gasteiger partial charge in [0.2, 0.25) is 0 Å². The van der Waals surface area contributed by atoms with E-state index in [1.165, 1.54) is 0 Å². The van der Waals surface area contributed by atoms with Gasteiger partial charge in [0.15, 0.2) is 0 Å². The fourth-order valence-corrected chi connectivity index (χ4v) is 3.65. The Morgan fingerprint density at radius 1 is 1.03 bits per heavy atom. The first kappa shape index (κ1) is 18.9. The van der Waals surface area contributed by atoms with E-state index in [4.69, 9.17) is 10.2 Å². The van der Waals surface area contributed by atoms with Crippen LogP contribution in [0.25, 0.3) is 33.4 Å². The lowest BCUT2D eigenvalue weighted by Crippen LogP contribution is -2.07. The Labute approximate surface area is 179 Å². The van der Waals surface area contributed by atoms with Crippen molar-refractivity contribution < 1.29 is 4.42 Å². The van der Waals surface area contributed by atoms with Gasteiger partial charge in [0.05, 0.1) is 29.4 Å². The molecule has 31 heavy (non-hydrogen) atoms. The van der Waals surface area contributed by atoms with E-state index in [2.05, 4.69) is 37.0 Å². The molecule has 0 radical (unpaired) electrons. The molecule has 5 aromatic rings. The smallest absolute Gasteiger partial charge is 0.137 e. The van der Waals surface area contributed by atoms with Gasteiger partial charge < -0.3 is 20.0 Å². The molecule has 5 rings (SSSR count). The number of nitrogens with two attached hydrogens (primary N) is 1. The first-order chi connectivity index (χ1) is 15.3. The average Bonchev–Trinajstić information content (AvgIpc) is 3.51. The normalized spacial score (nSPS) is 11.1. The molecule has 4 aromatic heterocycles. The Bertz CT molecular complexity index is 1280. The third kappa shape index (κ3) is 3.98. The Morgan fingerprint density at radius 3 is 2.74 bits per heavy atom.